The lowest BCUT2D eigenvalue weighted by Gasteiger charge is -2.24. The monoisotopic (exact) mass is 239 g/mol. The van der Waals surface area contributed by atoms with Crippen LogP contribution in [-0.2, 0) is 4.79 Å². The molecule has 17 heavy (non-hydrogen) atoms. The SMILES string of the molecule is CC(CN)CN1CCCN(C(=O)C2CC2)CC1. The Balaban J connectivity index is 1.78. The molecule has 98 valence electrons. The Kier molecular flexibility index (Phi) is 4.40. The maximum atomic E-state index is 12.0. The molecule has 1 unspecified atom stereocenters. The fourth-order valence-corrected chi connectivity index (χ4v) is 2.48. The van der Waals surface area contributed by atoms with E-state index in [0.717, 1.165) is 58.5 Å². The zero-order valence-corrected chi connectivity index (χ0v) is 10.9. The van der Waals surface area contributed by atoms with Gasteiger partial charge in [0.1, 0.15) is 0 Å². The van der Waals surface area contributed by atoms with Crippen molar-refractivity contribution < 1.29 is 4.79 Å². The largest absolute Gasteiger partial charge is 0.341 e. The van der Waals surface area contributed by atoms with Crippen molar-refractivity contribution in [3.63, 3.8) is 0 Å². The molecule has 0 bridgehead atoms. The van der Waals surface area contributed by atoms with E-state index in [4.69, 9.17) is 5.73 Å². The van der Waals surface area contributed by atoms with E-state index < -0.39 is 0 Å². The van der Waals surface area contributed by atoms with Gasteiger partial charge in [-0.05, 0) is 38.3 Å². The zero-order chi connectivity index (χ0) is 12.3. The van der Waals surface area contributed by atoms with Crippen molar-refractivity contribution >= 4 is 5.91 Å². The second-order valence-corrected chi connectivity index (χ2v) is 5.59. The van der Waals surface area contributed by atoms with Crippen LogP contribution in [0, 0.1) is 11.8 Å². The predicted molar refractivity (Wildman–Crippen MR) is 68.6 cm³/mol. The minimum absolute atomic E-state index is 0.365. The molecule has 1 saturated carbocycles. The summed E-state index contributed by atoms with van der Waals surface area (Å²) in [4.78, 5) is 16.5. The molecule has 1 aliphatic heterocycles. The molecule has 1 aliphatic carbocycles. The van der Waals surface area contributed by atoms with Crippen molar-refractivity contribution in [2.45, 2.75) is 26.2 Å². The van der Waals surface area contributed by atoms with Gasteiger partial charge in [0.05, 0.1) is 0 Å². The van der Waals surface area contributed by atoms with Crippen LogP contribution < -0.4 is 5.73 Å². The van der Waals surface area contributed by atoms with Crippen LogP contribution in [0.3, 0.4) is 0 Å². The van der Waals surface area contributed by atoms with Gasteiger partial charge < -0.3 is 15.5 Å². The van der Waals surface area contributed by atoms with Crippen LogP contribution in [0.1, 0.15) is 26.2 Å². The first-order chi connectivity index (χ1) is 8.20. The number of hydrogen-bond donors (Lipinski definition) is 1. The summed E-state index contributed by atoms with van der Waals surface area (Å²) in [5, 5.41) is 0. The lowest BCUT2D eigenvalue weighted by molar-refractivity contribution is -0.132. The van der Waals surface area contributed by atoms with Gasteiger partial charge >= 0.3 is 0 Å². The molecule has 0 radical (unpaired) electrons. The molecule has 4 heteroatoms. The molecule has 1 heterocycles. The average molecular weight is 239 g/mol. The van der Waals surface area contributed by atoms with Crippen LogP contribution in [0.4, 0.5) is 0 Å². The third-order valence-electron chi connectivity index (χ3n) is 3.80. The van der Waals surface area contributed by atoms with E-state index >= 15 is 0 Å². The van der Waals surface area contributed by atoms with E-state index in [2.05, 4.69) is 16.7 Å². The molecule has 1 atom stereocenters. The summed E-state index contributed by atoms with van der Waals surface area (Å²) in [5.74, 6) is 1.32. The highest BCUT2D eigenvalue weighted by molar-refractivity contribution is 5.81. The molecule has 4 nitrogen and oxygen atoms in total. The Bertz CT molecular complexity index is 265. The molecule has 0 aromatic carbocycles. The van der Waals surface area contributed by atoms with E-state index in [9.17, 15) is 4.79 Å². The van der Waals surface area contributed by atoms with Gasteiger partial charge in [-0.15, -0.1) is 0 Å². The Morgan fingerprint density at radius 3 is 2.71 bits per heavy atom. The Morgan fingerprint density at radius 2 is 2.06 bits per heavy atom. The van der Waals surface area contributed by atoms with Gasteiger partial charge in [0.2, 0.25) is 5.91 Å². The molecule has 2 rings (SSSR count). The second-order valence-electron chi connectivity index (χ2n) is 5.59. The number of nitrogens with zero attached hydrogens (tertiary/aromatic N) is 2. The highest BCUT2D eigenvalue weighted by Crippen LogP contribution is 2.31. The second kappa shape index (κ2) is 5.83. The summed E-state index contributed by atoms with van der Waals surface area (Å²) < 4.78 is 0. The number of carbonyl (C=O) groups is 1. The van der Waals surface area contributed by atoms with Gasteiger partial charge in [-0.25, -0.2) is 0 Å². The van der Waals surface area contributed by atoms with Crippen LogP contribution in [0.5, 0.6) is 0 Å². The molecule has 2 N–H and O–H groups in total. The van der Waals surface area contributed by atoms with Crippen molar-refractivity contribution in [3.8, 4) is 0 Å². The lowest BCUT2D eigenvalue weighted by Crippen LogP contribution is -2.37. The minimum atomic E-state index is 0.365. The standard InChI is InChI=1S/C13H25N3O/c1-11(9-14)10-15-5-2-6-16(8-7-15)13(17)12-3-4-12/h11-12H,2-10,14H2,1H3. The van der Waals surface area contributed by atoms with Crippen LogP contribution in [0.25, 0.3) is 0 Å². The fraction of sp³-hybridized carbons (Fsp3) is 0.923. The molecular formula is C13H25N3O. The molecule has 2 aliphatic rings. The van der Waals surface area contributed by atoms with Crippen molar-refractivity contribution in [1.29, 1.82) is 0 Å². The lowest BCUT2D eigenvalue weighted by atomic mass is 10.1. The average Bonchev–Trinajstić information content (AvgIpc) is 3.15. The number of carbonyl (C=O) groups excluding carboxylic acids is 1. The van der Waals surface area contributed by atoms with Crippen molar-refractivity contribution in [3.05, 3.63) is 0 Å². The van der Waals surface area contributed by atoms with Gasteiger partial charge in [-0.1, -0.05) is 6.92 Å². The van der Waals surface area contributed by atoms with Crippen LogP contribution in [0.15, 0.2) is 0 Å². The quantitative estimate of drug-likeness (QED) is 0.778. The zero-order valence-electron chi connectivity index (χ0n) is 10.9. The first-order valence-electron chi connectivity index (χ1n) is 6.92. The van der Waals surface area contributed by atoms with Gasteiger partial charge in [0, 0.05) is 32.1 Å². The maximum Gasteiger partial charge on any atom is 0.225 e. The van der Waals surface area contributed by atoms with Gasteiger partial charge in [-0.2, -0.15) is 0 Å². The molecule has 0 spiro atoms. The minimum Gasteiger partial charge on any atom is -0.341 e. The summed E-state index contributed by atoms with van der Waals surface area (Å²) in [6.07, 6.45) is 3.34. The van der Waals surface area contributed by atoms with Gasteiger partial charge in [0.25, 0.3) is 0 Å². The summed E-state index contributed by atoms with van der Waals surface area (Å²) in [6.45, 7) is 8.00. The van der Waals surface area contributed by atoms with E-state index in [1.165, 1.54) is 0 Å². The number of amides is 1. The molecule has 1 saturated heterocycles. The van der Waals surface area contributed by atoms with Crippen molar-refractivity contribution in [2.24, 2.45) is 17.6 Å². The summed E-state index contributed by atoms with van der Waals surface area (Å²) in [6, 6.07) is 0. The summed E-state index contributed by atoms with van der Waals surface area (Å²) in [7, 11) is 0. The van der Waals surface area contributed by atoms with Crippen molar-refractivity contribution in [1.82, 2.24) is 9.80 Å². The summed E-state index contributed by atoms with van der Waals surface area (Å²) in [5.41, 5.74) is 5.66. The Labute approximate surface area is 104 Å². The molecule has 0 aromatic heterocycles. The van der Waals surface area contributed by atoms with Crippen LogP contribution in [-0.4, -0.2) is 55.0 Å². The number of hydrogen-bond acceptors (Lipinski definition) is 3. The number of rotatable bonds is 4. The van der Waals surface area contributed by atoms with Gasteiger partial charge in [-0.3, -0.25) is 4.79 Å². The number of nitrogens with two attached hydrogens (primary N) is 1. The van der Waals surface area contributed by atoms with E-state index in [1.54, 1.807) is 0 Å². The van der Waals surface area contributed by atoms with Crippen LogP contribution in [0.2, 0.25) is 0 Å². The third kappa shape index (κ3) is 3.68. The maximum absolute atomic E-state index is 12.0. The van der Waals surface area contributed by atoms with E-state index in [0.29, 0.717) is 17.7 Å². The highest BCUT2D eigenvalue weighted by atomic mass is 16.2. The Hall–Kier alpha value is -0.610. The topological polar surface area (TPSA) is 49.6 Å². The third-order valence-corrected chi connectivity index (χ3v) is 3.80. The molecule has 1 amide bonds. The van der Waals surface area contributed by atoms with Gasteiger partial charge in [0.15, 0.2) is 0 Å². The fourth-order valence-electron chi connectivity index (χ4n) is 2.48. The first kappa shape index (κ1) is 12.8. The molecule has 0 aromatic rings. The van der Waals surface area contributed by atoms with Crippen molar-refractivity contribution in [2.75, 3.05) is 39.3 Å². The van der Waals surface area contributed by atoms with E-state index in [1.807, 2.05) is 0 Å². The van der Waals surface area contributed by atoms with E-state index in [-0.39, 0.29) is 0 Å². The predicted octanol–water partition coefficient (Wildman–Crippen LogP) is 0.526. The normalized spacial score (nSPS) is 24.5. The molecule has 2 fully saturated rings. The molecular weight excluding hydrogens is 214 g/mol. The first-order valence-corrected chi connectivity index (χ1v) is 6.92. The summed E-state index contributed by atoms with van der Waals surface area (Å²) >= 11 is 0. The Morgan fingerprint density at radius 1 is 1.29 bits per heavy atom. The van der Waals surface area contributed by atoms with Crippen LogP contribution >= 0.6 is 0 Å². The smallest absolute Gasteiger partial charge is 0.225 e. The highest BCUT2D eigenvalue weighted by Gasteiger charge is 2.33.